The van der Waals surface area contributed by atoms with Crippen molar-refractivity contribution in [1.82, 2.24) is 19.2 Å². The van der Waals surface area contributed by atoms with Crippen LogP contribution in [-0.2, 0) is 10.0 Å². The molecule has 3 rings (SSSR count). The minimum atomic E-state index is -3.26. The lowest BCUT2D eigenvalue weighted by Crippen LogP contribution is -2.50. The van der Waals surface area contributed by atoms with Gasteiger partial charge >= 0.3 is 11.1 Å². The Morgan fingerprint density at radius 2 is 1.58 bits per heavy atom. The van der Waals surface area contributed by atoms with Gasteiger partial charge in [0.1, 0.15) is 0 Å². The highest BCUT2D eigenvalue weighted by Gasteiger charge is 2.26. The van der Waals surface area contributed by atoms with Crippen LogP contribution >= 0.6 is 0 Å². The first-order valence-electron chi connectivity index (χ1n) is 7.26. The second kappa shape index (κ2) is 5.87. The lowest BCUT2D eigenvalue weighted by molar-refractivity contribution is 0.0698. The fourth-order valence-electron chi connectivity index (χ4n) is 2.65. The third-order valence-electron chi connectivity index (χ3n) is 3.96. The second-order valence-electron chi connectivity index (χ2n) is 5.62. The number of nitrogens with zero attached hydrogens (tertiary/aromatic N) is 2. The molecule has 1 fully saturated rings. The van der Waals surface area contributed by atoms with Gasteiger partial charge in [0.2, 0.25) is 10.0 Å². The van der Waals surface area contributed by atoms with Crippen LogP contribution in [0.15, 0.2) is 27.8 Å². The van der Waals surface area contributed by atoms with E-state index in [0.717, 1.165) is 6.26 Å². The van der Waals surface area contributed by atoms with Crippen molar-refractivity contribution in [2.75, 3.05) is 32.4 Å². The summed E-state index contributed by atoms with van der Waals surface area (Å²) in [4.78, 5) is 41.6. The van der Waals surface area contributed by atoms with E-state index < -0.39 is 21.1 Å². The maximum Gasteiger partial charge on any atom is 0.314 e. The third kappa shape index (κ3) is 3.10. The summed E-state index contributed by atoms with van der Waals surface area (Å²) in [6.45, 7) is 1.10. The molecule has 2 aromatic rings. The zero-order valence-electron chi connectivity index (χ0n) is 12.9. The molecule has 24 heavy (non-hydrogen) atoms. The van der Waals surface area contributed by atoms with Crippen LogP contribution < -0.4 is 11.1 Å². The maximum absolute atomic E-state index is 12.5. The van der Waals surface area contributed by atoms with E-state index in [0.29, 0.717) is 29.7 Å². The first kappa shape index (κ1) is 16.4. The normalized spacial score (nSPS) is 16.5. The molecule has 0 spiro atoms. The smallest absolute Gasteiger partial charge is 0.314 e. The average molecular weight is 352 g/mol. The van der Waals surface area contributed by atoms with E-state index in [2.05, 4.69) is 9.97 Å². The monoisotopic (exact) mass is 352 g/mol. The molecule has 9 nitrogen and oxygen atoms in total. The van der Waals surface area contributed by atoms with Crippen LogP contribution in [0.4, 0.5) is 0 Å². The Morgan fingerprint density at radius 3 is 2.17 bits per heavy atom. The quantitative estimate of drug-likeness (QED) is 0.667. The van der Waals surface area contributed by atoms with Crippen LogP contribution in [0, 0.1) is 0 Å². The van der Waals surface area contributed by atoms with E-state index in [1.807, 2.05) is 0 Å². The van der Waals surface area contributed by atoms with Crippen LogP contribution in [0.1, 0.15) is 10.4 Å². The highest BCUT2D eigenvalue weighted by Crippen LogP contribution is 2.14. The summed E-state index contributed by atoms with van der Waals surface area (Å²) in [6, 6.07) is 4.60. The van der Waals surface area contributed by atoms with Crippen LogP contribution in [0.25, 0.3) is 11.0 Å². The first-order chi connectivity index (χ1) is 11.3. The molecule has 1 amide bonds. The maximum atomic E-state index is 12.5. The predicted molar refractivity (Wildman–Crippen MR) is 87.5 cm³/mol. The zero-order chi connectivity index (χ0) is 17.5. The van der Waals surface area contributed by atoms with Crippen molar-refractivity contribution >= 4 is 27.0 Å². The van der Waals surface area contributed by atoms with Crippen LogP contribution in [0.2, 0.25) is 0 Å². The van der Waals surface area contributed by atoms with E-state index in [1.165, 1.54) is 10.4 Å². The second-order valence-corrected chi connectivity index (χ2v) is 7.61. The van der Waals surface area contributed by atoms with Gasteiger partial charge < -0.3 is 14.9 Å². The zero-order valence-corrected chi connectivity index (χ0v) is 13.7. The van der Waals surface area contributed by atoms with Gasteiger partial charge in [-0.25, -0.2) is 8.42 Å². The number of H-pyrrole nitrogens is 2. The molecule has 2 N–H and O–H groups in total. The Kier molecular flexibility index (Phi) is 4.01. The summed E-state index contributed by atoms with van der Waals surface area (Å²) in [5.41, 5.74) is -0.386. The number of rotatable bonds is 2. The number of carbonyl (C=O) groups excluding carboxylic acids is 1. The molecule has 1 aliphatic heterocycles. The van der Waals surface area contributed by atoms with Gasteiger partial charge in [0.25, 0.3) is 5.91 Å². The van der Waals surface area contributed by atoms with Crippen molar-refractivity contribution in [3.8, 4) is 0 Å². The molecule has 0 saturated carbocycles. The third-order valence-corrected chi connectivity index (χ3v) is 5.27. The number of nitrogens with one attached hydrogen (secondary N) is 2. The first-order valence-corrected chi connectivity index (χ1v) is 9.11. The number of aromatic amines is 2. The Hall–Kier alpha value is -2.46. The molecular weight excluding hydrogens is 336 g/mol. The summed E-state index contributed by atoms with van der Waals surface area (Å²) in [6.07, 6.45) is 1.14. The number of hydrogen-bond acceptors (Lipinski definition) is 5. The summed E-state index contributed by atoms with van der Waals surface area (Å²) >= 11 is 0. The fourth-order valence-corrected chi connectivity index (χ4v) is 3.48. The number of fused-ring (bicyclic) bond motifs is 1. The Bertz CT molecular complexity index is 1020. The SMILES string of the molecule is CS(=O)(=O)N1CCN(C(=O)c2ccc3[nH]c(=O)c(=O)[nH]c3c2)CC1. The van der Waals surface area contributed by atoms with Crippen molar-refractivity contribution in [3.63, 3.8) is 0 Å². The molecular formula is C14H16N4O5S. The number of carbonyl (C=O) groups is 1. The van der Waals surface area contributed by atoms with Gasteiger partial charge in [-0.3, -0.25) is 14.4 Å². The molecule has 1 saturated heterocycles. The van der Waals surface area contributed by atoms with E-state index in [-0.39, 0.29) is 19.0 Å². The number of sulfonamides is 1. The topological polar surface area (TPSA) is 123 Å². The standard InChI is InChI=1S/C14H16N4O5S/c1-24(22,23)18-6-4-17(5-7-18)14(21)9-2-3-10-11(8-9)16-13(20)12(19)15-10/h2-3,8H,4-7H2,1H3,(H,15,19)(H,16,20). The Balaban J connectivity index is 1.83. The van der Waals surface area contributed by atoms with Gasteiger partial charge in [-0.15, -0.1) is 0 Å². The van der Waals surface area contributed by atoms with E-state index in [4.69, 9.17) is 0 Å². The Morgan fingerprint density at radius 1 is 1.00 bits per heavy atom. The summed E-state index contributed by atoms with van der Waals surface area (Å²) in [5.74, 6) is -0.253. The molecule has 10 heteroatoms. The molecule has 1 aromatic carbocycles. The lowest BCUT2D eigenvalue weighted by Gasteiger charge is -2.33. The molecule has 1 aromatic heterocycles. The van der Waals surface area contributed by atoms with Gasteiger partial charge in [-0.05, 0) is 18.2 Å². The summed E-state index contributed by atoms with van der Waals surface area (Å²) in [5, 5.41) is 0. The molecule has 2 heterocycles. The molecule has 0 radical (unpaired) electrons. The van der Waals surface area contributed by atoms with E-state index in [9.17, 15) is 22.8 Å². The van der Waals surface area contributed by atoms with Gasteiger partial charge in [0.15, 0.2) is 0 Å². The van der Waals surface area contributed by atoms with Crippen LogP contribution in [0.5, 0.6) is 0 Å². The summed E-state index contributed by atoms with van der Waals surface area (Å²) < 4.78 is 24.3. The van der Waals surface area contributed by atoms with Crippen molar-refractivity contribution < 1.29 is 13.2 Å². The van der Waals surface area contributed by atoms with Gasteiger partial charge in [-0.1, -0.05) is 0 Å². The van der Waals surface area contributed by atoms with Gasteiger partial charge in [0, 0.05) is 31.7 Å². The Labute approximate surface area is 137 Å². The van der Waals surface area contributed by atoms with E-state index >= 15 is 0 Å². The predicted octanol–water partition coefficient (Wildman–Crippen LogP) is -1.07. The van der Waals surface area contributed by atoms with Crippen LogP contribution in [-0.4, -0.2) is 65.9 Å². The lowest BCUT2D eigenvalue weighted by atomic mass is 10.1. The van der Waals surface area contributed by atoms with Crippen molar-refractivity contribution in [2.45, 2.75) is 0 Å². The molecule has 128 valence electrons. The number of amides is 1. The number of hydrogen-bond donors (Lipinski definition) is 2. The number of benzene rings is 1. The highest BCUT2D eigenvalue weighted by atomic mass is 32.2. The largest absolute Gasteiger partial charge is 0.336 e. The summed E-state index contributed by atoms with van der Waals surface area (Å²) in [7, 11) is -3.26. The van der Waals surface area contributed by atoms with Gasteiger partial charge in [0.05, 0.1) is 17.3 Å². The molecule has 0 bridgehead atoms. The highest BCUT2D eigenvalue weighted by molar-refractivity contribution is 7.88. The van der Waals surface area contributed by atoms with Crippen molar-refractivity contribution in [1.29, 1.82) is 0 Å². The average Bonchev–Trinajstić information content (AvgIpc) is 2.54. The number of piperazine rings is 1. The van der Waals surface area contributed by atoms with Crippen LogP contribution in [0.3, 0.4) is 0 Å². The van der Waals surface area contributed by atoms with E-state index in [1.54, 1.807) is 17.0 Å². The molecule has 0 aliphatic carbocycles. The van der Waals surface area contributed by atoms with Crippen molar-refractivity contribution in [3.05, 3.63) is 44.5 Å². The molecule has 0 atom stereocenters. The minimum absolute atomic E-state index is 0.252. The number of aromatic nitrogens is 2. The van der Waals surface area contributed by atoms with Crippen molar-refractivity contribution in [2.24, 2.45) is 0 Å². The minimum Gasteiger partial charge on any atom is -0.336 e. The molecule has 0 unspecified atom stereocenters. The van der Waals surface area contributed by atoms with Gasteiger partial charge in [-0.2, -0.15) is 4.31 Å². The molecule has 1 aliphatic rings. The fraction of sp³-hybridized carbons (Fsp3) is 0.357.